The Labute approximate surface area is 140 Å². The lowest BCUT2D eigenvalue weighted by atomic mass is 10.0. The zero-order valence-corrected chi connectivity index (χ0v) is 13.9. The summed E-state index contributed by atoms with van der Waals surface area (Å²) in [6, 6.07) is 12.2. The zero-order valence-electron chi connectivity index (χ0n) is 13.9. The van der Waals surface area contributed by atoms with Gasteiger partial charge in [0.2, 0.25) is 0 Å². The predicted octanol–water partition coefficient (Wildman–Crippen LogP) is 2.83. The van der Waals surface area contributed by atoms with Crippen LogP contribution in [-0.2, 0) is 13.0 Å². The topological polar surface area (TPSA) is 52.2 Å². The Kier molecular flexibility index (Phi) is 3.49. The first-order chi connectivity index (χ1) is 11.6. The second-order valence-corrected chi connectivity index (χ2v) is 6.40. The number of carbonyl (C=O) groups is 1. The summed E-state index contributed by atoms with van der Waals surface area (Å²) in [5, 5.41) is 1.33. The van der Waals surface area contributed by atoms with Crippen molar-refractivity contribution in [1.29, 1.82) is 0 Å². The third kappa shape index (κ3) is 2.42. The van der Waals surface area contributed by atoms with E-state index >= 15 is 0 Å². The van der Waals surface area contributed by atoms with E-state index in [9.17, 15) is 4.79 Å². The summed E-state index contributed by atoms with van der Waals surface area (Å²) in [7, 11) is 3.50. The van der Waals surface area contributed by atoms with Crippen molar-refractivity contribution in [2.24, 2.45) is 0 Å². The van der Waals surface area contributed by atoms with Gasteiger partial charge in [0, 0.05) is 43.4 Å². The third-order valence-corrected chi connectivity index (χ3v) is 4.61. The van der Waals surface area contributed by atoms with Crippen LogP contribution in [-0.4, -0.2) is 41.4 Å². The van der Waals surface area contributed by atoms with Crippen molar-refractivity contribution in [3.05, 3.63) is 59.4 Å². The van der Waals surface area contributed by atoms with Gasteiger partial charge >= 0.3 is 0 Å². The van der Waals surface area contributed by atoms with E-state index in [-0.39, 0.29) is 5.91 Å². The number of rotatable bonds is 2. The number of carbonyl (C=O) groups excluding carboxylic acids is 1. The number of para-hydroxylation sites is 1. The zero-order chi connectivity index (χ0) is 16.7. The average Bonchev–Trinajstić information content (AvgIpc) is 2.99. The first kappa shape index (κ1) is 14.8. The first-order valence-corrected chi connectivity index (χ1v) is 8.14. The summed E-state index contributed by atoms with van der Waals surface area (Å²) in [5.41, 5.74) is 4.50. The molecule has 0 bridgehead atoms. The van der Waals surface area contributed by atoms with E-state index in [0.29, 0.717) is 5.56 Å². The van der Waals surface area contributed by atoms with Gasteiger partial charge in [-0.15, -0.1) is 0 Å². The Morgan fingerprint density at radius 2 is 2.04 bits per heavy atom. The minimum Gasteiger partial charge on any atom is -0.357 e. The quantitative estimate of drug-likeness (QED) is 0.790. The van der Waals surface area contributed by atoms with E-state index < -0.39 is 0 Å². The van der Waals surface area contributed by atoms with Crippen LogP contribution in [0.4, 0.5) is 5.82 Å². The number of hydrogen-bond donors (Lipinski definition) is 1. The molecule has 1 aliphatic heterocycles. The van der Waals surface area contributed by atoms with Gasteiger partial charge in [0.05, 0.1) is 12.1 Å². The molecule has 0 atom stereocenters. The highest BCUT2D eigenvalue weighted by Crippen LogP contribution is 2.29. The summed E-state index contributed by atoms with van der Waals surface area (Å²) in [6.45, 7) is 1.75. The second-order valence-electron chi connectivity index (χ2n) is 6.40. The normalized spacial score (nSPS) is 13.8. The van der Waals surface area contributed by atoms with Crippen molar-refractivity contribution in [2.75, 3.05) is 25.5 Å². The Morgan fingerprint density at radius 1 is 1.21 bits per heavy atom. The van der Waals surface area contributed by atoms with Gasteiger partial charge in [-0.05, 0) is 30.2 Å². The molecule has 1 amide bonds. The number of fused-ring (bicyclic) bond motifs is 3. The average molecular weight is 320 g/mol. The van der Waals surface area contributed by atoms with Crippen LogP contribution in [0.3, 0.4) is 0 Å². The van der Waals surface area contributed by atoms with Gasteiger partial charge in [0.1, 0.15) is 5.82 Å². The van der Waals surface area contributed by atoms with Crippen LogP contribution in [0, 0.1) is 0 Å². The standard InChI is InChI=1S/C19H20N4O/c1-22(2)19(24)13-7-8-18(20-11-13)23-10-9-15-14-5-3-4-6-16(14)21-17(15)12-23/h3-8,11,21H,9-10,12H2,1-2H3. The Morgan fingerprint density at radius 3 is 2.79 bits per heavy atom. The fourth-order valence-corrected chi connectivity index (χ4v) is 3.35. The summed E-state index contributed by atoms with van der Waals surface area (Å²) < 4.78 is 0. The van der Waals surface area contributed by atoms with Crippen molar-refractivity contribution >= 4 is 22.6 Å². The highest BCUT2D eigenvalue weighted by molar-refractivity contribution is 5.93. The molecule has 2 aromatic heterocycles. The molecule has 0 fully saturated rings. The molecular formula is C19H20N4O. The van der Waals surface area contributed by atoms with Crippen molar-refractivity contribution in [3.63, 3.8) is 0 Å². The fourth-order valence-electron chi connectivity index (χ4n) is 3.35. The number of anilines is 1. The maximum atomic E-state index is 12.0. The molecule has 4 rings (SSSR count). The van der Waals surface area contributed by atoms with E-state index in [2.05, 4.69) is 39.1 Å². The molecule has 3 heterocycles. The molecule has 0 saturated heterocycles. The molecule has 0 saturated carbocycles. The molecule has 0 spiro atoms. The minimum absolute atomic E-state index is 0.0226. The van der Waals surface area contributed by atoms with Gasteiger partial charge in [0.25, 0.3) is 5.91 Å². The van der Waals surface area contributed by atoms with Gasteiger partial charge < -0.3 is 14.8 Å². The first-order valence-electron chi connectivity index (χ1n) is 8.14. The number of benzene rings is 1. The van der Waals surface area contributed by atoms with Gasteiger partial charge in [-0.1, -0.05) is 18.2 Å². The van der Waals surface area contributed by atoms with Crippen LogP contribution in [0.1, 0.15) is 21.6 Å². The molecule has 0 radical (unpaired) electrons. The van der Waals surface area contributed by atoms with E-state index in [1.165, 1.54) is 22.2 Å². The summed E-state index contributed by atoms with van der Waals surface area (Å²) in [6.07, 6.45) is 2.66. The van der Waals surface area contributed by atoms with Crippen LogP contribution in [0.5, 0.6) is 0 Å². The van der Waals surface area contributed by atoms with Crippen LogP contribution >= 0.6 is 0 Å². The summed E-state index contributed by atoms with van der Waals surface area (Å²) in [5.74, 6) is 0.889. The smallest absolute Gasteiger partial charge is 0.254 e. The lowest BCUT2D eigenvalue weighted by Crippen LogP contribution is -2.31. The lowest BCUT2D eigenvalue weighted by molar-refractivity contribution is 0.0827. The number of nitrogens with one attached hydrogen (secondary N) is 1. The van der Waals surface area contributed by atoms with Crippen LogP contribution in [0.25, 0.3) is 10.9 Å². The molecule has 0 aliphatic carbocycles. The maximum absolute atomic E-state index is 12.0. The lowest BCUT2D eigenvalue weighted by Gasteiger charge is -2.28. The molecular weight excluding hydrogens is 300 g/mol. The van der Waals surface area contributed by atoms with Crippen molar-refractivity contribution < 1.29 is 4.79 Å². The maximum Gasteiger partial charge on any atom is 0.254 e. The van der Waals surface area contributed by atoms with Gasteiger partial charge in [-0.2, -0.15) is 0 Å². The fraction of sp³-hybridized carbons (Fsp3) is 0.263. The van der Waals surface area contributed by atoms with E-state index in [0.717, 1.165) is 25.3 Å². The number of H-pyrrole nitrogens is 1. The Balaban J connectivity index is 1.59. The third-order valence-electron chi connectivity index (χ3n) is 4.61. The molecule has 5 nitrogen and oxygen atoms in total. The number of hydrogen-bond acceptors (Lipinski definition) is 3. The molecule has 1 aromatic carbocycles. The van der Waals surface area contributed by atoms with Gasteiger partial charge in [0.15, 0.2) is 0 Å². The van der Waals surface area contributed by atoms with Crippen molar-refractivity contribution in [2.45, 2.75) is 13.0 Å². The second kappa shape index (κ2) is 5.67. The van der Waals surface area contributed by atoms with Crippen LogP contribution in [0.15, 0.2) is 42.6 Å². The highest BCUT2D eigenvalue weighted by atomic mass is 16.2. The van der Waals surface area contributed by atoms with Gasteiger partial charge in [-0.3, -0.25) is 4.79 Å². The predicted molar refractivity (Wildman–Crippen MR) is 95.3 cm³/mol. The molecule has 0 unspecified atom stereocenters. The van der Waals surface area contributed by atoms with E-state index in [1.807, 2.05) is 12.1 Å². The molecule has 24 heavy (non-hydrogen) atoms. The highest BCUT2D eigenvalue weighted by Gasteiger charge is 2.21. The number of amides is 1. The van der Waals surface area contributed by atoms with Gasteiger partial charge in [-0.25, -0.2) is 4.98 Å². The van der Waals surface area contributed by atoms with Crippen LogP contribution < -0.4 is 4.90 Å². The number of nitrogens with zero attached hydrogens (tertiary/aromatic N) is 3. The summed E-state index contributed by atoms with van der Waals surface area (Å²) in [4.78, 5) is 23.8. The van der Waals surface area contributed by atoms with Crippen molar-refractivity contribution in [3.8, 4) is 0 Å². The van der Waals surface area contributed by atoms with Crippen molar-refractivity contribution in [1.82, 2.24) is 14.9 Å². The minimum atomic E-state index is -0.0226. The SMILES string of the molecule is CN(C)C(=O)c1ccc(N2CCc3c([nH]c4ccccc34)C2)nc1. The molecule has 122 valence electrons. The molecule has 5 heteroatoms. The van der Waals surface area contributed by atoms with E-state index in [4.69, 9.17) is 0 Å². The Bertz CT molecular complexity index is 895. The molecule has 1 N–H and O–H groups in total. The Hall–Kier alpha value is -2.82. The number of pyridine rings is 1. The number of aromatic nitrogens is 2. The molecule has 1 aliphatic rings. The van der Waals surface area contributed by atoms with E-state index in [1.54, 1.807) is 25.2 Å². The number of aromatic amines is 1. The monoisotopic (exact) mass is 320 g/mol. The van der Waals surface area contributed by atoms with Crippen LogP contribution in [0.2, 0.25) is 0 Å². The summed E-state index contributed by atoms with van der Waals surface area (Å²) >= 11 is 0. The molecule has 3 aromatic rings. The largest absolute Gasteiger partial charge is 0.357 e.